The Morgan fingerprint density at radius 1 is 0.968 bits per heavy atom. The minimum atomic E-state index is -4.39. The first-order valence-corrected chi connectivity index (χ1v) is 9.87. The summed E-state index contributed by atoms with van der Waals surface area (Å²) in [5, 5.41) is 6.67. The molecular weight excluding hydrogens is 405 g/mol. The minimum absolute atomic E-state index is 0.110. The quantitative estimate of drug-likeness (QED) is 0.521. The minimum Gasteiger partial charge on any atom is -0.493 e. The molecule has 3 aromatic rings. The van der Waals surface area contributed by atoms with E-state index in [0.717, 1.165) is 29.0 Å². The average molecular weight is 424 g/mol. The van der Waals surface area contributed by atoms with Crippen LogP contribution in [0.2, 0.25) is 0 Å². The van der Waals surface area contributed by atoms with Crippen molar-refractivity contribution in [2.75, 3.05) is 7.11 Å². The van der Waals surface area contributed by atoms with Crippen molar-refractivity contribution in [2.24, 2.45) is 5.10 Å². The summed E-state index contributed by atoms with van der Waals surface area (Å²) >= 11 is 0. The zero-order chi connectivity index (χ0) is 21.6. The van der Waals surface area contributed by atoms with Crippen LogP contribution in [-0.2, 0) is 6.18 Å². The number of hydrogen-bond donors (Lipinski definition) is 0. The fourth-order valence-corrected chi connectivity index (χ4v) is 4.11. The largest absolute Gasteiger partial charge is 0.493 e. The van der Waals surface area contributed by atoms with Gasteiger partial charge in [-0.1, -0.05) is 54.6 Å². The molecule has 2 atom stereocenters. The molecule has 0 unspecified atom stereocenters. The fraction of sp³-hybridized carbons (Fsp3) is 0.208. The van der Waals surface area contributed by atoms with Crippen molar-refractivity contribution in [3.63, 3.8) is 0 Å². The molecule has 2 heterocycles. The molecule has 31 heavy (non-hydrogen) atoms. The molecule has 0 radical (unpaired) electrons. The zero-order valence-electron chi connectivity index (χ0n) is 16.6. The lowest BCUT2D eigenvalue weighted by molar-refractivity contribution is -0.137. The van der Waals surface area contributed by atoms with E-state index in [4.69, 9.17) is 14.6 Å². The normalized spacial score (nSPS) is 19.9. The van der Waals surface area contributed by atoms with E-state index in [0.29, 0.717) is 23.5 Å². The molecule has 0 spiro atoms. The molecule has 4 nitrogen and oxygen atoms in total. The van der Waals surface area contributed by atoms with Crippen LogP contribution in [0, 0.1) is 0 Å². The van der Waals surface area contributed by atoms with Gasteiger partial charge in [-0.3, -0.25) is 0 Å². The second-order valence-electron chi connectivity index (χ2n) is 7.48. The molecule has 7 heteroatoms. The Morgan fingerprint density at radius 2 is 1.71 bits per heavy atom. The van der Waals surface area contributed by atoms with Gasteiger partial charge >= 0.3 is 6.18 Å². The average Bonchev–Trinajstić information content (AvgIpc) is 3.24. The summed E-state index contributed by atoms with van der Waals surface area (Å²) < 4.78 is 50.9. The standard InChI is InChI=1S/C24H19F3N2O2/c1-30-21-9-5-8-18-20-14-19(15-6-3-2-4-7-15)28-29(20)23(31-22(18)21)16-10-12-17(13-11-16)24(25,26)27/h2-13,20,23H,14H2,1H3/t20-,23+/m0/s1. The number of hydrazone groups is 1. The smallest absolute Gasteiger partial charge is 0.416 e. The van der Waals surface area contributed by atoms with Crippen LogP contribution in [-0.4, -0.2) is 17.8 Å². The topological polar surface area (TPSA) is 34.1 Å². The summed E-state index contributed by atoms with van der Waals surface area (Å²) in [5.74, 6) is 1.18. The molecule has 0 bridgehead atoms. The Hall–Kier alpha value is -3.48. The highest BCUT2D eigenvalue weighted by Gasteiger charge is 2.42. The van der Waals surface area contributed by atoms with Gasteiger partial charge in [-0.2, -0.15) is 18.3 Å². The number of fused-ring (bicyclic) bond motifs is 3. The molecule has 158 valence electrons. The van der Waals surface area contributed by atoms with E-state index >= 15 is 0 Å². The maximum absolute atomic E-state index is 13.0. The van der Waals surface area contributed by atoms with Gasteiger partial charge < -0.3 is 9.47 Å². The van der Waals surface area contributed by atoms with Gasteiger partial charge in [0.05, 0.1) is 24.4 Å². The number of alkyl halides is 3. The van der Waals surface area contributed by atoms with Crippen molar-refractivity contribution < 1.29 is 22.6 Å². The molecule has 3 aromatic carbocycles. The predicted octanol–water partition coefficient (Wildman–Crippen LogP) is 5.96. The van der Waals surface area contributed by atoms with Crippen molar-refractivity contribution in [2.45, 2.75) is 24.9 Å². The van der Waals surface area contributed by atoms with E-state index in [9.17, 15) is 13.2 Å². The van der Waals surface area contributed by atoms with Crippen molar-refractivity contribution >= 4 is 5.71 Å². The van der Waals surface area contributed by atoms with Crippen LogP contribution < -0.4 is 9.47 Å². The first-order valence-electron chi connectivity index (χ1n) is 9.87. The molecule has 0 N–H and O–H groups in total. The Bertz CT molecular complexity index is 1130. The monoisotopic (exact) mass is 424 g/mol. The van der Waals surface area contributed by atoms with Crippen LogP contribution in [0.25, 0.3) is 0 Å². The molecule has 0 aromatic heterocycles. The van der Waals surface area contributed by atoms with Crippen molar-refractivity contribution in [1.29, 1.82) is 0 Å². The van der Waals surface area contributed by atoms with E-state index in [1.807, 2.05) is 53.5 Å². The Balaban J connectivity index is 1.59. The second-order valence-corrected chi connectivity index (χ2v) is 7.48. The lowest BCUT2D eigenvalue weighted by Gasteiger charge is -2.38. The third-order valence-corrected chi connectivity index (χ3v) is 5.63. The molecule has 0 amide bonds. The van der Waals surface area contributed by atoms with Gasteiger partial charge in [0.1, 0.15) is 0 Å². The number of para-hydroxylation sites is 1. The van der Waals surface area contributed by atoms with Gasteiger partial charge in [-0.25, -0.2) is 5.01 Å². The molecule has 2 aliphatic heterocycles. The number of benzene rings is 3. The number of hydrogen-bond acceptors (Lipinski definition) is 4. The molecule has 0 saturated heterocycles. The van der Waals surface area contributed by atoms with E-state index in [1.54, 1.807) is 7.11 Å². The lowest BCUT2D eigenvalue weighted by Crippen LogP contribution is -2.34. The molecular formula is C24H19F3N2O2. The summed E-state index contributed by atoms with van der Waals surface area (Å²) in [6.07, 6.45) is -4.40. The highest BCUT2D eigenvalue weighted by atomic mass is 19.4. The summed E-state index contributed by atoms with van der Waals surface area (Å²) in [6, 6.07) is 20.5. The first-order chi connectivity index (χ1) is 15.0. The number of rotatable bonds is 3. The van der Waals surface area contributed by atoms with Gasteiger partial charge in [-0.15, -0.1) is 0 Å². The van der Waals surface area contributed by atoms with Gasteiger partial charge in [0.2, 0.25) is 6.23 Å². The van der Waals surface area contributed by atoms with E-state index in [-0.39, 0.29) is 6.04 Å². The van der Waals surface area contributed by atoms with Crippen LogP contribution in [0.15, 0.2) is 77.9 Å². The zero-order valence-corrected chi connectivity index (χ0v) is 16.6. The summed E-state index contributed by atoms with van der Waals surface area (Å²) in [4.78, 5) is 0. The van der Waals surface area contributed by atoms with Crippen LogP contribution >= 0.6 is 0 Å². The Morgan fingerprint density at radius 3 is 2.39 bits per heavy atom. The third kappa shape index (κ3) is 3.40. The predicted molar refractivity (Wildman–Crippen MR) is 110 cm³/mol. The molecule has 0 aliphatic carbocycles. The van der Waals surface area contributed by atoms with Crippen molar-refractivity contribution in [3.8, 4) is 11.5 Å². The second kappa shape index (κ2) is 7.34. The molecule has 2 aliphatic rings. The molecule has 0 fully saturated rings. The van der Waals surface area contributed by atoms with Crippen LogP contribution in [0.3, 0.4) is 0 Å². The number of nitrogens with zero attached hydrogens (tertiary/aromatic N) is 2. The maximum atomic E-state index is 13.0. The van der Waals surface area contributed by atoms with Crippen LogP contribution in [0.1, 0.15) is 40.9 Å². The fourth-order valence-electron chi connectivity index (χ4n) is 4.11. The third-order valence-electron chi connectivity index (χ3n) is 5.63. The molecule has 0 saturated carbocycles. The SMILES string of the molecule is COc1cccc2c1O[C@H](c1ccc(C(F)(F)F)cc1)N1N=C(c3ccccc3)C[C@@H]21. The lowest BCUT2D eigenvalue weighted by atomic mass is 9.95. The van der Waals surface area contributed by atoms with Gasteiger partial charge in [0.15, 0.2) is 11.5 Å². The van der Waals surface area contributed by atoms with E-state index in [1.165, 1.54) is 12.1 Å². The van der Waals surface area contributed by atoms with Crippen LogP contribution in [0.5, 0.6) is 11.5 Å². The van der Waals surface area contributed by atoms with Crippen molar-refractivity contribution in [3.05, 3.63) is 95.1 Å². The van der Waals surface area contributed by atoms with Gasteiger partial charge in [-0.05, 0) is 23.8 Å². The van der Waals surface area contributed by atoms with Crippen LogP contribution in [0.4, 0.5) is 13.2 Å². The Labute approximate surface area is 177 Å². The van der Waals surface area contributed by atoms with Gasteiger partial charge in [0.25, 0.3) is 0 Å². The summed E-state index contributed by atoms with van der Waals surface area (Å²) in [6.45, 7) is 0. The van der Waals surface area contributed by atoms with Gasteiger partial charge in [0, 0.05) is 17.5 Å². The van der Waals surface area contributed by atoms with E-state index < -0.39 is 18.0 Å². The number of ether oxygens (including phenoxy) is 2. The molecule has 5 rings (SSSR count). The summed E-state index contributed by atoms with van der Waals surface area (Å²) in [7, 11) is 1.57. The maximum Gasteiger partial charge on any atom is 0.416 e. The summed E-state index contributed by atoms with van der Waals surface area (Å²) in [5.41, 5.74) is 2.75. The first kappa shape index (κ1) is 19.5. The highest BCUT2D eigenvalue weighted by Crippen LogP contribution is 2.50. The van der Waals surface area contributed by atoms with E-state index in [2.05, 4.69) is 0 Å². The Kier molecular flexibility index (Phi) is 4.61. The number of methoxy groups -OCH3 is 1. The van der Waals surface area contributed by atoms with Crippen molar-refractivity contribution in [1.82, 2.24) is 5.01 Å². The number of halogens is 3. The highest BCUT2D eigenvalue weighted by molar-refractivity contribution is 6.01.